The van der Waals surface area contributed by atoms with Crippen LogP contribution in [-0.2, 0) is 4.79 Å². The van der Waals surface area contributed by atoms with Gasteiger partial charge in [0.05, 0.1) is 5.76 Å². The molecule has 4 fully saturated rings. The molecule has 0 radical (unpaired) electrons. The SMILES string of the molecule is CC(=O)C(=C(C)O)C12CC3CC(CC(C3)C1)C2. The van der Waals surface area contributed by atoms with Gasteiger partial charge in [-0.25, -0.2) is 0 Å². The van der Waals surface area contributed by atoms with E-state index in [0.717, 1.165) is 42.6 Å². The van der Waals surface area contributed by atoms with Gasteiger partial charge in [0.1, 0.15) is 0 Å². The Balaban J connectivity index is 2.01. The monoisotopic (exact) mass is 234 g/mol. The lowest BCUT2D eigenvalue weighted by Gasteiger charge is -2.57. The summed E-state index contributed by atoms with van der Waals surface area (Å²) in [6, 6.07) is 0. The largest absolute Gasteiger partial charge is 0.512 e. The van der Waals surface area contributed by atoms with Crippen LogP contribution in [0.1, 0.15) is 52.4 Å². The maximum Gasteiger partial charge on any atom is 0.159 e. The van der Waals surface area contributed by atoms with Gasteiger partial charge in [-0.15, -0.1) is 0 Å². The van der Waals surface area contributed by atoms with Gasteiger partial charge in [0, 0.05) is 11.0 Å². The summed E-state index contributed by atoms with van der Waals surface area (Å²) in [5.41, 5.74) is 0.802. The Morgan fingerprint density at radius 1 is 1.00 bits per heavy atom. The second-order valence-corrected chi connectivity index (χ2v) is 6.71. The Kier molecular flexibility index (Phi) is 2.39. The fourth-order valence-electron chi connectivity index (χ4n) is 5.43. The first-order valence-corrected chi connectivity index (χ1v) is 6.91. The average molecular weight is 234 g/mol. The highest BCUT2D eigenvalue weighted by atomic mass is 16.3. The zero-order chi connectivity index (χ0) is 12.2. The minimum absolute atomic E-state index is 0.0411. The Hall–Kier alpha value is -0.790. The van der Waals surface area contributed by atoms with Gasteiger partial charge in [-0.1, -0.05) is 0 Å². The summed E-state index contributed by atoms with van der Waals surface area (Å²) in [6.07, 6.45) is 7.54. The minimum Gasteiger partial charge on any atom is -0.512 e. The summed E-state index contributed by atoms with van der Waals surface area (Å²) in [5.74, 6) is 2.81. The first-order valence-electron chi connectivity index (χ1n) is 6.91. The molecule has 4 aliphatic rings. The van der Waals surface area contributed by atoms with Crippen molar-refractivity contribution in [3.63, 3.8) is 0 Å². The molecule has 4 rings (SSSR count). The lowest BCUT2D eigenvalue weighted by molar-refractivity contribution is -0.117. The van der Waals surface area contributed by atoms with Gasteiger partial charge in [-0.3, -0.25) is 4.79 Å². The van der Waals surface area contributed by atoms with Crippen molar-refractivity contribution < 1.29 is 9.90 Å². The van der Waals surface area contributed by atoms with E-state index in [9.17, 15) is 9.90 Å². The molecule has 0 atom stereocenters. The lowest BCUT2D eigenvalue weighted by Crippen LogP contribution is -2.48. The van der Waals surface area contributed by atoms with E-state index in [-0.39, 0.29) is 17.0 Å². The van der Waals surface area contributed by atoms with Crippen LogP contribution >= 0.6 is 0 Å². The molecule has 0 amide bonds. The molecule has 4 bridgehead atoms. The maximum atomic E-state index is 11.9. The van der Waals surface area contributed by atoms with Crippen LogP contribution in [-0.4, -0.2) is 10.9 Å². The van der Waals surface area contributed by atoms with Crippen molar-refractivity contribution in [1.82, 2.24) is 0 Å². The van der Waals surface area contributed by atoms with E-state index in [2.05, 4.69) is 0 Å². The lowest BCUT2D eigenvalue weighted by atomic mass is 9.47. The van der Waals surface area contributed by atoms with Gasteiger partial charge in [0.25, 0.3) is 0 Å². The third kappa shape index (κ3) is 1.64. The second-order valence-electron chi connectivity index (χ2n) is 6.71. The molecule has 0 spiro atoms. The van der Waals surface area contributed by atoms with E-state index >= 15 is 0 Å². The van der Waals surface area contributed by atoms with Crippen LogP contribution in [0.4, 0.5) is 0 Å². The normalized spacial score (nSPS) is 44.7. The Morgan fingerprint density at radius 3 is 1.71 bits per heavy atom. The summed E-state index contributed by atoms with van der Waals surface area (Å²) in [5, 5.41) is 9.90. The zero-order valence-electron chi connectivity index (χ0n) is 10.8. The Bertz CT molecular complexity index is 352. The van der Waals surface area contributed by atoms with Crippen LogP contribution in [0.2, 0.25) is 0 Å². The van der Waals surface area contributed by atoms with Crippen molar-refractivity contribution in [2.75, 3.05) is 0 Å². The highest BCUT2D eigenvalue weighted by molar-refractivity contribution is 5.95. The van der Waals surface area contributed by atoms with Crippen molar-refractivity contribution in [3.05, 3.63) is 11.3 Å². The van der Waals surface area contributed by atoms with Crippen molar-refractivity contribution in [2.45, 2.75) is 52.4 Å². The van der Waals surface area contributed by atoms with E-state index in [1.807, 2.05) is 0 Å². The molecule has 0 aromatic rings. The topological polar surface area (TPSA) is 37.3 Å². The summed E-state index contributed by atoms with van der Waals surface area (Å²) < 4.78 is 0. The number of aliphatic hydroxyl groups excluding tert-OH is 1. The summed E-state index contributed by atoms with van der Waals surface area (Å²) >= 11 is 0. The van der Waals surface area contributed by atoms with E-state index in [1.165, 1.54) is 19.3 Å². The van der Waals surface area contributed by atoms with Gasteiger partial charge >= 0.3 is 0 Å². The number of allylic oxidation sites excluding steroid dienone is 2. The van der Waals surface area contributed by atoms with E-state index in [0.29, 0.717) is 0 Å². The number of carbonyl (C=O) groups is 1. The van der Waals surface area contributed by atoms with Gasteiger partial charge in [-0.05, 0) is 70.1 Å². The molecule has 4 aliphatic carbocycles. The van der Waals surface area contributed by atoms with Gasteiger partial charge < -0.3 is 5.11 Å². The standard InChI is InChI=1S/C15H22O2/c1-9(16)14(10(2)17)15-6-11-3-12(7-15)5-13(4-11)8-15/h11-13,16H,3-8H2,1-2H3. The van der Waals surface area contributed by atoms with Crippen LogP contribution in [0, 0.1) is 23.2 Å². The number of ketones is 1. The molecular formula is C15H22O2. The predicted octanol–water partition coefficient (Wildman–Crippen LogP) is 3.62. The number of Topliss-reactive ketones (excluding diaryl/α,β-unsaturated/α-hetero) is 1. The van der Waals surface area contributed by atoms with Gasteiger partial charge in [-0.2, -0.15) is 0 Å². The van der Waals surface area contributed by atoms with Crippen LogP contribution in [0.15, 0.2) is 11.3 Å². The molecule has 0 unspecified atom stereocenters. The third-order valence-electron chi connectivity index (χ3n) is 5.28. The molecule has 0 heterocycles. The van der Waals surface area contributed by atoms with Gasteiger partial charge in [0.15, 0.2) is 5.78 Å². The molecule has 1 N–H and O–H groups in total. The van der Waals surface area contributed by atoms with Crippen LogP contribution in [0.25, 0.3) is 0 Å². The summed E-state index contributed by atoms with van der Waals surface area (Å²) in [7, 11) is 0. The van der Waals surface area contributed by atoms with Crippen molar-refractivity contribution in [2.24, 2.45) is 23.2 Å². The first-order chi connectivity index (χ1) is 8.00. The number of aliphatic hydroxyl groups is 1. The molecule has 2 heteroatoms. The van der Waals surface area contributed by atoms with Gasteiger partial charge in [0.2, 0.25) is 0 Å². The van der Waals surface area contributed by atoms with E-state index < -0.39 is 0 Å². The van der Waals surface area contributed by atoms with E-state index in [1.54, 1.807) is 13.8 Å². The Morgan fingerprint density at radius 2 is 1.41 bits per heavy atom. The number of hydrogen-bond donors (Lipinski definition) is 1. The Labute approximate surface area is 103 Å². The fraction of sp³-hybridized carbons (Fsp3) is 0.800. The van der Waals surface area contributed by atoms with E-state index in [4.69, 9.17) is 0 Å². The molecule has 4 saturated carbocycles. The second kappa shape index (κ2) is 3.60. The van der Waals surface area contributed by atoms with Crippen molar-refractivity contribution in [3.8, 4) is 0 Å². The predicted molar refractivity (Wildman–Crippen MR) is 66.6 cm³/mol. The highest BCUT2D eigenvalue weighted by Gasteiger charge is 2.53. The molecule has 0 aliphatic heterocycles. The van der Waals surface area contributed by atoms with Crippen LogP contribution in [0.5, 0.6) is 0 Å². The number of carbonyl (C=O) groups excluding carboxylic acids is 1. The molecular weight excluding hydrogens is 212 g/mol. The maximum absolute atomic E-state index is 11.9. The summed E-state index contributed by atoms with van der Waals surface area (Å²) in [6.45, 7) is 3.31. The molecule has 0 saturated heterocycles. The highest BCUT2D eigenvalue weighted by Crippen LogP contribution is 2.63. The van der Waals surface area contributed by atoms with Crippen LogP contribution < -0.4 is 0 Å². The molecule has 0 aromatic carbocycles. The number of hydrogen-bond acceptors (Lipinski definition) is 2. The molecule has 2 nitrogen and oxygen atoms in total. The molecule has 0 aromatic heterocycles. The van der Waals surface area contributed by atoms with Crippen LogP contribution in [0.3, 0.4) is 0 Å². The van der Waals surface area contributed by atoms with Crippen molar-refractivity contribution >= 4 is 5.78 Å². The molecule has 17 heavy (non-hydrogen) atoms. The van der Waals surface area contributed by atoms with Crippen molar-refractivity contribution in [1.29, 1.82) is 0 Å². The third-order valence-corrected chi connectivity index (χ3v) is 5.28. The smallest absolute Gasteiger partial charge is 0.159 e. The zero-order valence-corrected chi connectivity index (χ0v) is 10.8. The first kappa shape index (κ1) is 11.3. The fourth-order valence-corrected chi connectivity index (χ4v) is 5.43. The molecule has 94 valence electrons. The minimum atomic E-state index is 0.0411. The summed E-state index contributed by atoms with van der Waals surface area (Å²) in [4.78, 5) is 11.9. The quantitative estimate of drug-likeness (QED) is 0.585. The average Bonchev–Trinajstić information content (AvgIpc) is 2.11. The number of rotatable bonds is 2.